The highest BCUT2D eigenvalue weighted by Crippen LogP contribution is 2.14. The molecule has 0 radical (unpaired) electrons. The van der Waals surface area contributed by atoms with Gasteiger partial charge in [-0.1, -0.05) is 0 Å². The standard InChI is InChI=1S/C11H15N3OS/c1-14(2)8-12-11(16)13-9-4-6-10(15-3)7-5-9/h4-8H,1-3H3,(H,13,16)/b12-8+. The van der Waals surface area contributed by atoms with Gasteiger partial charge in [-0.15, -0.1) is 0 Å². The van der Waals surface area contributed by atoms with Crippen molar-refractivity contribution >= 4 is 29.4 Å². The monoisotopic (exact) mass is 237 g/mol. The lowest BCUT2D eigenvalue weighted by atomic mass is 10.3. The maximum absolute atomic E-state index is 5.06. The molecule has 0 bridgehead atoms. The first-order valence-electron chi connectivity index (χ1n) is 4.77. The molecule has 0 aliphatic carbocycles. The van der Waals surface area contributed by atoms with Gasteiger partial charge in [0.1, 0.15) is 5.75 Å². The Labute approximate surface area is 101 Å². The van der Waals surface area contributed by atoms with Crippen molar-refractivity contribution in [1.29, 1.82) is 0 Å². The molecule has 0 aliphatic rings. The summed E-state index contributed by atoms with van der Waals surface area (Å²) in [5.74, 6) is 0.813. The first-order valence-corrected chi connectivity index (χ1v) is 5.18. The number of benzene rings is 1. The molecule has 0 spiro atoms. The first-order chi connectivity index (χ1) is 7.61. The molecule has 0 aromatic heterocycles. The third-order valence-corrected chi connectivity index (χ3v) is 1.95. The molecule has 0 heterocycles. The van der Waals surface area contributed by atoms with E-state index in [1.54, 1.807) is 13.4 Å². The average molecular weight is 237 g/mol. The number of ether oxygens (including phenoxy) is 1. The molecule has 0 fully saturated rings. The van der Waals surface area contributed by atoms with Crippen LogP contribution in [0.5, 0.6) is 5.75 Å². The van der Waals surface area contributed by atoms with E-state index in [1.807, 2.05) is 43.3 Å². The number of hydrogen-bond donors (Lipinski definition) is 1. The molecule has 1 aromatic rings. The number of methoxy groups -OCH3 is 1. The van der Waals surface area contributed by atoms with Crippen LogP contribution < -0.4 is 10.1 Å². The molecule has 0 saturated carbocycles. The average Bonchev–Trinajstić information content (AvgIpc) is 2.27. The quantitative estimate of drug-likeness (QED) is 0.495. The van der Waals surface area contributed by atoms with Gasteiger partial charge in [0.15, 0.2) is 5.11 Å². The molecule has 1 aromatic carbocycles. The van der Waals surface area contributed by atoms with Crippen LogP contribution in [0.2, 0.25) is 0 Å². The molecule has 5 heteroatoms. The molecule has 86 valence electrons. The second-order valence-electron chi connectivity index (χ2n) is 3.37. The Bertz CT molecular complexity index is 373. The fraction of sp³-hybridized carbons (Fsp3) is 0.273. The van der Waals surface area contributed by atoms with Crippen LogP contribution in [0.25, 0.3) is 0 Å². The van der Waals surface area contributed by atoms with Gasteiger partial charge in [0, 0.05) is 19.8 Å². The third kappa shape index (κ3) is 4.27. The zero-order chi connectivity index (χ0) is 12.0. The number of aliphatic imine (C=N–C) groups is 1. The van der Waals surface area contributed by atoms with Crippen molar-refractivity contribution < 1.29 is 4.74 Å². The van der Waals surface area contributed by atoms with E-state index in [-0.39, 0.29) is 0 Å². The summed E-state index contributed by atoms with van der Waals surface area (Å²) in [6, 6.07) is 7.49. The van der Waals surface area contributed by atoms with Crippen LogP contribution in [0, 0.1) is 0 Å². The van der Waals surface area contributed by atoms with Gasteiger partial charge in [-0.2, -0.15) is 0 Å². The van der Waals surface area contributed by atoms with Gasteiger partial charge < -0.3 is 15.0 Å². The Kier molecular flexibility index (Phi) is 4.72. The van der Waals surface area contributed by atoms with Crippen molar-refractivity contribution in [2.75, 3.05) is 26.5 Å². The van der Waals surface area contributed by atoms with E-state index in [4.69, 9.17) is 17.0 Å². The number of nitrogens with one attached hydrogen (secondary N) is 1. The Morgan fingerprint density at radius 1 is 1.38 bits per heavy atom. The van der Waals surface area contributed by atoms with Gasteiger partial charge in [0.25, 0.3) is 0 Å². The zero-order valence-corrected chi connectivity index (χ0v) is 10.4. The fourth-order valence-electron chi connectivity index (χ4n) is 0.998. The normalized spacial score (nSPS) is 10.2. The molecule has 0 aliphatic heterocycles. The maximum atomic E-state index is 5.06. The smallest absolute Gasteiger partial charge is 0.198 e. The third-order valence-electron chi connectivity index (χ3n) is 1.75. The van der Waals surface area contributed by atoms with Crippen molar-refractivity contribution in [3.05, 3.63) is 24.3 Å². The predicted molar refractivity (Wildman–Crippen MR) is 71.4 cm³/mol. The van der Waals surface area contributed by atoms with Crippen LogP contribution in [0.4, 0.5) is 5.69 Å². The van der Waals surface area contributed by atoms with E-state index in [1.165, 1.54) is 0 Å². The molecule has 0 saturated heterocycles. The SMILES string of the molecule is COc1ccc(NC(=S)/N=C/N(C)C)cc1. The van der Waals surface area contributed by atoms with Gasteiger partial charge in [0.2, 0.25) is 0 Å². The summed E-state index contributed by atoms with van der Waals surface area (Å²) in [7, 11) is 5.41. The summed E-state index contributed by atoms with van der Waals surface area (Å²) in [4.78, 5) is 5.87. The zero-order valence-electron chi connectivity index (χ0n) is 9.60. The Morgan fingerprint density at radius 2 is 2.00 bits per heavy atom. The number of rotatable bonds is 3. The Morgan fingerprint density at radius 3 is 2.50 bits per heavy atom. The number of anilines is 1. The summed E-state index contributed by atoms with van der Waals surface area (Å²) in [6.07, 6.45) is 1.65. The second-order valence-corrected chi connectivity index (χ2v) is 3.75. The highest BCUT2D eigenvalue weighted by molar-refractivity contribution is 7.80. The van der Waals surface area contributed by atoms with Gasteiger partial charge in [-0.25, -0.2) is 4.99 Å². The summed E-state index contributed by atoms with van der Waals surface area (Å²) >= 11 is 5.05. The van der Waals surface area contributed by atoms with E-state index >= 15 is 0 Å². The highest BCUT2D eigenvalue weighted by atomic mass is 32.1. The van der Waals surface area contributed by atoms with Crippen molar-refractivity contribution in [3.8, 4) is 5.75 Å². The number of hydrogen-bond acceptors (Lipinski definition) is 2. The minimum Gasteiger partial charge on any atom is -0.497 e. The van der Waals surface area contributed by atoms with Gasteiger partial charge >= 0.3 is 0 Å². The molecule has 0 atom stereocenters. The van der Waals surface area contributed by atoms with Crippen LogP contribution >= 0.6 is 12.2 Å². The number of nitrogens with zero attached hydrogens (tertiary/aromatic N) is 2. The minimum atomic E-state index is 0.430. The van der Waals surface area contributed by atoms with Crippen LogP contribution in [0.3, 0.4) is 0 Å². The molecule has 0 amide bonds. The molecule has 1 rings (SSSR count). The van der Waals surface area contributed by atoms with E-state index in [9.17, 15) is 0 Å². The topological polar surface area (TPSA) is 36.9 Å². The lowest BCUT2D eigenvalue weighted by molar-refractivity contribution is 0.415. The molecule has 4 nitrogen and oxygen atoms in total. The maximum Gasteiger partial charge on any atom is 0.198 e. The largest absolute Gasteiger partial charge is 0.497 e. The summed E-state index contributed by atoms with van der Waals surface area (Å²) in [5, 5.41) is 3.43. The van der Waals surface area contributed by atoms with E-state index < -0.39 is 0 Å². The van der Waals surface area contributed by atoms with Crippen LogP contribution in [0.1, 0.15) is 0 Å². The van der Waals surface area contributed by atoms with E-state index in [2.05, 4.69) is 10.3 Å². The lowest BCUT2D eigenvalue weighted by Gasteiger charge is -2.06. The summed E-state index contributed by atoms with van der Waals surface area (Å²) < 4.78 is 5.06. The van der Waals surface area contributed by atoms with Gasteiger partial charge in [-0.3, -0.25) is 0 Å². The molecular weight excluding hydrogens is 222 g/mol. The first kappa shape index (κ1) is 12.4. The second kappa shape index (κ2) is 6.07. The van der Waals surface area contributed by atoms with Crippen LogP contribution in [-0.4, -0.2) is 37.6 Å². The minimum absolute atomic E-state index is 0.430. The Hall–Kier alpha value is -1.62. The number of thiocarbonyl (C=S) groups is 1. The summed E-state index contributed by atoms with van der Waals surface area (Å²) in [6.45, 7) is 0. The molecule has 16 heavy (non-hydrogen) atoms. The van der Waals surface area contributed by atoms with Crippen LogP contribution in [-0.2, 0) is 0 Å². The molecular formula is C11H15N3OS. The van der Waals surface area contributed by atoms with Gasteiger partial charge in [0.05, 0.1) is 13.4 Å². The molecule has 1 N–H and O–H groups in total. The summed E-state index contributed by atoms with van der Waals surface area (Å²) in [5.41, 5.74) is 0.890. The van der Waals surface area contributed by atoms with Gasteiger partial charge in [-0.05, 0) is 36.5 Å². The van der Waals surface area contributed by atoms with Crippen molar-refractivity contribution in [2.45, 2.75) is 0 Å². The highest BCUT2D eigenvalue weighted by Gasteiger charge is 1.95. The lowest BCUT2D eigenvalue weighted by Crippen LogP contribution is -2.12. The van der Waals surface area contributed by atoms with Crippen molar-refractivity contribution in [1.82, 2.24) is 4.90 Å². The van der Waals surface area contributed by atoms with Crippen LogP contribution in [0.15, 0.2) is 29.3 Å². The van der Waals surface area contributed by atoms with Crippen molar-refractivity contribution in [3.63, 3.8) is 0 Å². The molecule has 0 unspecified atom stereocenters. The fourth-order valence-corrected chi connectivity index (χ4v) is 1.16. The Balaban J connectivity index is 2.56. The van der Waals surface area contributed by atoms with E-state index in [0.29, 0.717) is 5.11 Å². The van der Waals surface area contributed by atoms with Crippen molar-refractivity contribution in [2.24, 2.45) is 4.99 Å². The predicted octanol–water partition coefficient (Wildman–Crippen LogP) is 1.98. The van der Waals surface area contributed by atoms with E-state index in [0.717, 1.165) is 11.4 Å².